The first-order valence-corrected chi connectivity index (χ1v) is 13.6. The predicted molar refractivity (Wildman–Crippen MR) is 155 cm³/mol. The van der Waals surface area contributed by atoms with Gasteiger partial charge in [0.25, 0.3) is 5.91 Å². The number of carbonyl (C=O) groups is 1. The lowest BCUT2D eigenvalue weighted by Gasteiger charge is -2.24. The molecule has 6 rings (SSSR count). The van der Waals surface area contributed by atoms with Gasteiger partial charge in [0.1, 0.15) is 17.5 Å². The molecular formula is C32H31FN6O. The molecular weight excluding hydrogens is 503 g/mol. The lowest BCUT2D eigenvalue weighted by molar-refractivity contribution is 0.0762. The molecule has 0 atom stereocenters. The van der Waals surface area contributed by atoms with E-state index in [9.17, 15) is 9.18 Å². The molecule has 3 aromatic carbocycles. The average Bonchev–Trinajstić information content (AvgIpc) is 3.13. The van der Waals surface area contributed by atoms with Crippen molar-refractivity contribution < 1.29 is 9.18 Å². The second-order valence-electron chi connectivity index (χ2n) is 10.3. The highest BCUT2D eigenvalue weighted by atomic mass is 19.1. The number of amides is 1. The maximum Gasteiger partial charge on any atom is 0.256 e. The second kappa shape index (κ2) is 10.9. The van der Waals surface area contributed by atoms with Crippen molar-refractivity contribution in [1.29, 1.82) is 0 Å². The van der Waals surface area contributed by atoms with E-state index in [-0.39, 0.29) is 11.5 Å². The van der Waals surface area contributed by atoms with Crippen LogP contribution in [0.3, 0.4) is 0 Å². The van der Waals surface area contributed by atoms with Crippen molar-refractivity contribution >= 4 is 22.8 Å². The van der Waals surface area contributed by atoms with Gasteiger partial charge in [-0.15, -0.1) is 0 Å². The Hall–Kier alpha value is -4.59. The van der Waals surface area contributed by atoms with Crippen molar-refractivity contribution in [3.05, 3.63) is 113 Å². The van der Waals surface area contributed by atoms with Gasteiger partial charge in [-0.2, -0.15) is 5.10 Å². The van der Waals surface area contributed by atoms with Crippen LogP contribution in [0.2, 0.25) is 0 Å². The zero-order valence-electron chi connectivity index (χ0n) is 22.7. The van der Waals surface area contributed by atoms with Gasteiger partial charge < -0.3 is 9.80 Å². The number of rotatable bonds is 5. The molecule has 5 aromatic rings. The maximum absolute atomic E-state index is 14.4. The first kappa shape index (κ1) is 25.7. The lowest BCUT2D eigenvalue weighted by atomic mass is 10.1. The summed E-state index contributed by atoms with van der Waals surface area (Å²) in [5, 5.41) is 5.78. The third kappa shape index (κ3) is 5.04. The third-order valence-electron chi connectivity index (χ3n) is 7.40. The van der Waals surface area contributed by atoms with Gasteiger partial charge in [0.05, 0.1) is 22.3 Å². The molecule has 1 aliphatic rings. The topological polar surface area (TPSA) is 67.2 Å². The predicted octanol–water partition coefficient (Wildman–Crippen LogP) is 5.51. The number of halogens is 1. The van der Waals surface area contributed by atoms with Crippen LogP contribution in [-0.4, -0.2) is 56.7 Å². The van der Waals surface area contributed by atoms with Gasteiger partial charge in [-0.3, -0.25) is 4.79 Å². The summed E-state index contributed by atoms with van der Waals surface area (Å²) in [5.41, 5.74) is 5.00. The number of anilines is 1. The number of carbonyl (C=O) groups excluding carboxylic acids is 1. The van der Waals surface area contributed by atoms with Crippen LogP contribution in [0.1, 0.15) is 39.4 Å². The Labute approximate surface area is 232 Å². The summed E-state index contributed by atoms with van der Waals surface area (Å²) >= 11 is 0. The Morgan fingerprint density at radius 1 is 0.850 bits per heavy atom. The minimum absolute atomic E-state index is 0.112. The van der Waals surface area contributed by atoms with E-state index in [2.05, 4.69) is 36.1 Å². The van der Waals surface area contributed by atoms with Gasteiger partial charge in [-0.25, -0.2) is 19.0 Å². The first-order valence-electron chi connectivity index (χ1n) is 13.6. The molecule has 8 heteroatoms. The average molecular weight is 535 g/mol. The number of aryl methyl sites for hydroxylation is 2. The van der Waals surface area contributed by atoms with Crippen molar-refractivity contribution in [3.63, 3.8) is 0 Å². The van der Waals surface area contributed by atoms with Crippen molar-refractivity contribution in [3.8, 4) is 5.69 Å². The molecule has 0 saturated carbocycles. The summed E-state index contributed by atoms with van der Waals surface area (Å²) in [6.07, 6.45) is 1.33. The molecule has 3 heterocycles. The van der Waals surface area contributed by atoms with Crippen LogP contribution in [0.25, 0.3) is 16.7 Å². The van der Waals surface area contributed by atoms with E-state index >= 15 is 0 Å². The Bertz CT molecular complexity index is 1660. The fraction of sp³-hybridized carbons (Fsp3) is 0.250. The molecule has 0 bridgehead atoms. The number of aromatic nitrogens is 4. The van der Waals surface area contributed by atoms with Crippen molar-refractivity contribution in [1.82, 2.24) is 24.6 Å². The van der Waals surface area contributed by atoms with Gasteiger partial charge in [0, 0.05) is 32.6 Å². The Morgan fingerprint density at radius 2 is 1.60 bits per heavy atom. The maximum atomic E-state index is 14.4. The van der Waals surface area contributed by atoms with Gasteiger partial charge in [0.15, 0.2) is 5.65 Å². The van der Waals surface area contributed by atoms with Crippen LogP contribution < -0.4 is 4.90 Å². The van der Waals surface area contributed by atoms with Gasteiger partial charge in [-0.05, 0) is 50.1 Å². The summed E-state index contributed by atoms with van der Waals surface area (Å²) in [6.45, 7) is 6.37. The number of hydrogen-bond donors (Lipinski definition) is 0. The molecule has 2 aromatic heterocycles. The van der Waals surface area contributed by atoms with Gasteiger partial charge >= 0.3 is 0 Å². The SMILES string of the molecule is Cc1ccc(Cc2nc(N3CCCN(C(=O)c4ccccc4F)CC3)c3c(C)nn(-c4ccccc4)c3n2)cc1. The van der Waals surface area contributed by atoms with Gasteiger partial charge in [0.2, 0.25) is 0 Å². The van der Waals surface area contributed by atoms with E-state index < -0.39 is 5.82 Å². The quantitative estimate of drug-likeness (QED) is 0.297. The number of fused-ring (bicyclic) bond motifs is 1. The van der Waals surface area contributed by atoms with E-state index in [1.54, 1.807) is 23.1 Å². The molecule has 0 unspecified atom stereocenters. The molecule has 202 valence electrons. The standard InChI is InChI=1S/C32H31FN6O/c1-22-13-15-24(16-14-22)21-28-34-30(29-23(2)36-39(31(29)35-28)25-9-4-3-5-10-25)37-17-8-18-38(20-19-37)32(40)26-11-6-7-12-27(26)33/h3-7,9-16H,8,17-21H2,1-2H3. The second-order valence-corrected chi connectivity index (χ2v) is 10.3. The number of benzene rings is 3. The molecule has 1 aliphatic heterocycles. The molecule has 0 aliphatic carbocycles. The molecule has 1 saturated heterocycles. The fourth-order valence-corrected chi connectivity index (χ4v) is 5.29. The van der Waals surface area contributed by atoms with Crippen molar-refractivity contribution in [2.24, 2.45) is 0 Å². The van der Waals surface area contributed by atoms with Crippen LogP contribution in [0.15, 0.2) is 78.9 Å². The third-order valence-corrected chi connectivity index (χ3v) is 7.40. The molecule has 0 radical (unpaired) electrons. The summed E-state index contributed by atoms with van der Waals surface area (Å²) in [4.78, 5) is 27.2. The van der Waals surface area contributed by atoms with E-state index in [0.29, 0.717) is 38.4 Å². The Kier molecular flexibility index (Phi) is 6.99. The molecule has 1 amide bonds. The molecule has 1 fully saturated rings. The zero-order chi connectivity index (χ0) is 27.6. The molecule has 0 N–H and O–H groups in total. The van der Waals surface area contributed by atoms with Crippen LogP contribution in [0, 0.1) is 19.7 Å². The number of para-hydroxylation sites is 1. The minimum Gasteiger partial charge on any atom is -0.354 e. The van der Waals surface area contributed by atoms with E-state index in [0.717, 1.165) is 40.2 Å². The Balaban J connectivity index is 1.38. The minimum atomic E-state index is -0.490. The smallest absolute Gasteiger partial charge is 0.256 e. The molecule has 0 spiro atoms. The number of nitrogens with zero attached hydrogens (tertiary/aromatic N) is 6. The first-order chi connectivity index (χ1) is 19.5. The monoisotopic (exact) mass is 534 g/mol. The van der Waals surface area contributed by atoms with E-state index in [4.69, 9.17) is 15.1 Å². The van der Waals surface area contributed by atoms with Gasteiger partial charge in [-0.1, -0.05) is 60.2 Å². The van der Waals surface area contributed by atoms with Crippen LogP contribution in [-0.2, 0) is 6.42 Å². The highest BCUT2D eigenvalue weighted by Crippen LogP contribution is 2.30. The lowest BCUT2D eigenvalue weighted by Crippen LogP contribution is -2.36. The van der Waals surface area contributed by atoms with E-state index in [1.807, 2.05) is 41.9 Å². The summed E-state index contributed by atoms with van der Waals surface area (Å²) in [7, 11) is 0. The van der Waals surface area contributed by atoms with Crippen LogP contribution in [0.4, 0.5) is 10.2 Å². The fourth-order valence-electron chi connectivity index (χ4n) is 5.29. The Morgan fingerprint density at radius 3 is 2.38 bits per heavy atom. The zero-order valence-corrected chi connectivity index (χ0v) is 22.7. The summed E-state index contributed by atoms with van der Waals surface area (Å²) in [6, 6.07) is 24.6. The largest absolute Gasteiger partial charge is 0.354 e. The van der Waals surface area contributed by atoms with Crippen LogP contribution >= 0.6 is 0 Å². The molecule has 40 heavy (non-hydrogen) atoms. The summed E-state index contributed by atoms with van der Waals surface area (Å²) in [5.74, 6) is 0.774. The summed E-state index contributed by atoms with van der Waals surface area (Å²) < 4.78 is 16.2. The highest BCUT2D eigenvalue weighted by molar-refractivity contribution is 5.95. The van der Waals surface area contributed by atoms with Crippen LogP contribution in [0.5, 0.6) is 0 Å². The van der Waals surface area contributed by atoms with Crippen molar-refractivity contribution in [2.75, 3.05) is 31.1 Å². The normalized spacial score (nSPS) is 14.0. The molecule has 7 nitrogen and oxygen atoms in total. The van der Waals surface area contributed by atoms with Crippen molar-refractivity contribution in [2.45, 2.75) is 26.7 Å². The highest BCUT2D eigenvalue weighted by Gasteiger charge is 2.26. The van der Waals surface area contributed by atoms with E-state index in [1.165, 1.54) is 11.6 Å². The number of hydrogen-bond acceptors (Lipinski definition) is 5.